The van der Waals surface area contributed by atoms with Crippen LogP contribution in [0.15, 0.2) is 48.5 Å². The van der Waals surface area contributed by atoms with Gasteiger partial charge in [0.2, 0.25) is 11.8 Å². The molecule has 1 aliphatic rings. The third-order valence-corrected chi connectivity index (χ3v) is 4.70. The van der Waals surface area contributed by atoms with Crippen LogP contribution < -0.4 is 15.0 Å². The number of hydrogen-bond donors (Lipinski definition) is 1. The van der Waals surface area contributed by atoms with Crippen LogP contribution in [0.3, 0.4) is 0 Å². The number of halogens is 3. The Kier molecular flexibility index (Phi) is 6.10. The van der Waals surface area contributed by atoms with Gasteiger partial charge in [0.1, 0.15) is 5.75 Å². The molecule has 1 atom stereocenters. The normalized spacial score (nSPS) is 16.8. The van der Waals surface area contributed by atoms with Gasteiger partial charge in [-0.15, -0.1) is 0 Å². The molecule has 0 aliphatic carbocycles. The fraction of sp³-hybridized carbons (Fsp3) is 0.333. The first-order valence-corrected chi connectivity index (χ1v) is 9.25. The molecule has 0 radical (unpaired) electrons. The quantitative estimate of drug-likeness (QED) is 0.795. The third-order valence-electron chi connectivity index (χ3n) is 4.70. The fourth-order valence-corrected chi connectivity index (χ4v) is 3.22. The second-order valence-electron chi connectivity index (χ2n) is 6.72. The third kappa shape index (κ3) is 4.88. The molecular formula is C21H21F3N2O3. The standard InChI is InChI=1S/C21H21F3N2O3/c1-2-29-18-6-4-3-5-17(18)26-13-15(11-19(26)27)20(28)25-12-14-7-9-16(10-8-14)21(22,23)24/h3-10,15H,2,11-13H2,1H3,(H,25,28). The molecule has 2 aromatic rings. The van der Waals surface area contributed by atoms with E-state index in [1.165, 1.54) is 17.0 Å². The van der Waals surface area contributed by atoms with Crippen LogP contribution in [0.1, 0.15) is 24.5 Å². The van der Waals surface area contributed by atoms with Gasteiger partial charge < -0.3 is 15.0 Å². The maximum Gasteiger partial charge on any atom is 0.416 e. The number of para-hydroxylation sites is 2. The van der Waals surface area contributed by atoms with Crippen molar-refractivity contribution < 1.29 is 27.5 Å². The van der Waals surface area contributed by atoms with E-state index in [0.29, 0.717) is 23.6 Å². The van der Waals surface area contributed by atoms with E-state index in [1.807, 2.05) is 13.0 Å². The number of anilines is 1. The number of carbonyl (C=O) groups excluding carboxylic acids is 2. The van der Waals surface area contributed by atoms with Crippen LogP contribution in [0.2, 0.25) is 0 Å². The number of ether oxygens (including phenoxy) is 1. The molecule has 1 heterocycles. The van der Waals surface area contributed by atoms with Crippen molar-refractivity contribution in [2.24, 2.45) is 5.92 Å². The molecule has 2 amide bonds. The van der Waals surface area contributed by atoms with Crippen LogP contribution in [0.5, 0.6) is 5.75 Å². The molecule has 0 saturated carbocycles. The summed E-state index contributed by atoms with van der Waals surface area (Å²) in [7, 11) is 0. The second-order valence-corrected chi connectivity index (χ2v) is 6.72. The van der Waals surface area contributed by atoms with Gasteiger partial charge in [-0.3, -0.25) is 9.59 Å². The lowest BCUT2D eigenvalue weighted by atomic mass is 10.1. The molecule has 1 unspecified atom stereocenters. The van der Waals surface area contributed by atoms with Crippen molar-refractivity contribution in [1.82, 2.24) is 5.32 Å². The molecule has 2 aromatic carbocycles. The van der Waals surface area contributed by atoms with Crippen LogP contribution in [0.4, 0.5) is 18.9 Å². The molecule has 0 aromatic heterocycles. The van der Waals surface area contributed by atoms with Crippen molar-refractivity contribution in [2.45, 2.75) is 26.1 Å². The number of alkyl halides is 3. The van der Waals surface area contributed by atoms with Gasteiger partial charge in [0, 0.05) is 19.5 Å². The van der Waals surface area contributed by atoms with E-state index >= 15 is 0 Å². The van der Waals surface area contributed by atoms with Crippen LogP contribution in [0, 0.1) is 5.92 Å². The largest absolute Gasteiger partial charge is 0.492 e. The average Bonchev–Trinajstić information content (AvgIpc) is 3.08. The van der Waals surface area contributed by atoms with E-state index in [4.69, 9.17) is 4.74 Å². The highest BCUT2D eigenvalue weighted by Gasteiger charge is 2.36. The number of carbonyl (C=O) groups is 2. The monoisotopic (exact) mass is 406 g/mol. The number of rotatable bonds is 6. The molecule has 3 rings (SSSR count). The Hall–Kier alpha value is -3.03. The minimum Gasteiger partial charge on any atom is -0.492 e. The van der Waals surface area contributed by atoms with Crippen molar-refractivity contribution in [3.05, 3.63) is 59.7 Å². The number of amides is 2. The number of benzene rings is 2. The first kappa shape index (κ1) is 20.7. The first-order valence-electron chi connectivity index (χ1n) is 9.25. The van der Waals surface area contributed by atoms with Crippen molar-refractivity contribution in [1.29, 1.82) is 0 Å². The van der Waals surface area contributed by atoms with Crippen LogP contribution in [0.25, 0.3) is 0 Å². The highest BCUT2D eigenvalue weighted by atomic mass is 19.4. The van der Waals surface area contributed by atoms with Crippen molar-refractivity contribution in [3.63, 3.8) is 0 Å². The Bertz CT molecular complexity index is 881. The molecule has 1 saturated heterocycles. The number of hydrogen-bond acceptors (Lipinski definition) is 3. The number of nitrogens with zero attached hydrogens (tertiary/aromatic N) is 1. The molecular weight excluding hydrogens is 385 g/mol. The highest BCUT2D eigenvalue weighted by Crippen LogP contribution is 2.33. The summed E-state index contributed by atoms with van der Waals surface area (Å²) >= 11 is 0. The molecule has 0 spiro atoms. The van der Waals surface area contributed by atoms with E-state index in [2.05, 4.69) is 5.32 Å². The van der Waals surface area contributed by atoms with E-state index in [0.717, 1.165) is 12.1 Å². The van der Waals surface area contributed by atoms with Gasteiger partial charge in [-0.25, -0.2) is 0 Å². The van der Waals surface area contributed by atoms with Gasteiger partial charge in [0.05, 0.1) is 23.8 Å². The smallest absolute Gasteiger partial charge is 0.416 e. The summed E-state index contributed by atoms with van der Waals surface area (Å²) in [6, 6.07) is 11.8. The zero-order valence-corrected chi connectivity index (χ0v) is 15.8. The van der Waals surface area contributed by atoms with Crippen molar-refractivity contribution >= 4 is 17.5 Å². The van der Waals surface area contributed by atoms with Gasteiger partial charge in [-0.1, -0.05) is 24.3 Å². The molecule has 0 bridgehead atoms. The Morgan fingerprint density at radius 3 is 2.52 bits per heavy atom. The van der Waals surface area contributed by atoms with Gasteiger partial charge in [0.15, 0.2) is 0 Å². The summed E-state index contributed by atoms with van der Waals surface area (Å²) in [5.41, 5.74) is 0.434. The van der Waals surface area contributed by atoms with Gasteiger partial charge in [-0.2, -0.15) is 13.2 Å². The summed E-state index contributed by atoms with van der Waals surface area (Å²) in [6.45, 7) is 2.62. The molecule has 1 N–H and O–H groups in total. The molecule has 1 aliphatic heterocycles. The summed E-state index contributed by atoms with van der Waals surface area (Å²) < 4.78 is 43.4. The predicted octanol–water partition coefficient (Wildman–Crippen LogP) is 3.77. The molecule has 8 heteroatoms. The lowest BCUT2D eigenvalue weighted by Crippen LogP contribution is -2.32. The van der Waals surface area contributed by atoms with Crippen molar-refractivity contribution in [3.8, 4) is 5.75 Å². The second kappa shape index (κ2) is 8.55. The molecule has 154 valence electrons. The lowest BCUT2D eigenvalue weighted by molar-refractivity contribution is -0.137. The van der Waals surface area contributed by atoms with Crippen LogP contribution in [-0.2, 0) is 22.3 Å². The van der Waals surface area contributed by atoms with E-state index < -0.39 is 17.7 Å². The Morgan fingerprint density at radius 1 is 1.17 bits per heavy atom. The van der Waals surface area contributed by atoms with Gasteiger partial charge in [-0.05, 0) is 36.8 Å². The molecule has 1 fully saturated rings. The molecule has 29 heavy (non-hydrogen) atoms. The minimum atomic E-state index is -4.40. The van der Waals surface area contributed by atoms with Crippen molar-refractivity contribution in [2.75, 3.05) is 18.1 Å². The summed E-state index contributed by atoms with van der Waals surface area (Å²) in [6.07, 6.45) is -4.33. The Labute approximate surface area is 166 Å². The van der Waals surface area contributed by atoms with E-state index in [-0.39, 0.29) is 31.3 Å². The van der Waals surface area contributed by atoms with Crippen LogP contribution in [-0.4, -0.2) is 25.0 Å². The fourth-order valence-electron chi connectivity index (χ4n) is 3.22. The number of nitrogens with one attached hydrogen (secondary N) is 1. The predicted molar refractivity (Wildman–Crippen MR) is 101 cm³/mol. The Morgan fingerprint density at radius 2 is 1.86 bits per heavy atom. The topological polar surface area (TPSA) is 58.6 Å². The average molecular weight is 406 g/mol. The summed E-state index contributed by atoms with van der Waals surface area (Å²) in [5.74, 6) is -0.442. The van der Waals surface area contributed by atoms with E-state index in [9.17, 15) is 22.8 Å². The van der Waals surface area contributed by atoms with Gasteiger partial charge >= 0.3 is 6.18 Å². The van der Waals surface area contributed by atoms with Gasteiger partial charge in [0.25, 0.3) is 0 Å². The molecule has 5 nitrogen and oxygen atoms in total. The maximum absolute atomic E-state index is 12.6. The zero-order chi connectivity index (χ0) is 21.0. The Balaban J connectivity index is 1.61. The lowest BCUT2D eigenvalue weighted by Gasteiger charge is -2.20. The summed E-state index contributed by atoms with van der Waals surface area (Å²) in [4.78, 5) is 26.4. The first-order chi connectivity index (χ1) is 13.8. The minimum absolute atomic E-state index is 0.0688. The maximum atomic E-state index is 12.6. The van der Waals surface area contributed by atoms with Crippen LogP contribution >= 0.6 is 0 Å². The zero-order valence-electron chi connectivity index (χ0n) is 15.8. The SMILES string of the molecule is CCOc1ccccc1N1CC(C(=O)NCc2ccc(C(F)(F)F)cc2)CC1=O. The van der Waals surface area contributed by atoms with E-state index in [1.54, 1.807) is 18.2 Å². The highest BCUT2D eigenvalue weighted by molar-refractivity contribution is 6.01. The summed E-state index contributed by atoms with van der Waals surface area (Å²) in [5, 5.41) is 2.70.